The highest BCUT2D eigenvalue weighted by molar-refractivity contribution is 7.89. The fraction of sp³-hybridized carbons (Fsp3) is 0.235. The fourth-order valence-electron chi connectivity index (χ4n) is 5.93. The summed E-state index contributed by atoms with van der Waals surface area (Å²) in [5.41, 5.74) is 7.96. The molecule has 4 aromatic rings. The van der Waals surface area contributed by atoms with Crippen molar-refractivity contribution in [3.63, 3.8) is 0 Å². The molecule has 8 nitrogen and oxygen atoms in total. The van der Waals surface area contributed by atoms with Crippen LogP contribution in [0.1, 0.15) is 39.3 Å². The van der Waals surface area contributed by atoms with E-state index in [2.05, 4.69) is 17.4 Å². The molecule has 9 heteroatoms. The highest BCUT2D eigenvalue weighted by atomic mass is 32.2. The number of alkyl carbamates (subject to hydrolysis) is 1. The monoisotopic (exact) mass is 596 g/mol. The second kappa shape index (κ2) is 11.7. The van der Waals surface area contributed by atoms with Crippen molar-refractivity contribution < 1.29 is 27.5 Å². The van der Waals surface area contributed by atoms with Crippen LogP contribution >= 0.6 is 0 Å². The Hall–Kier alpha value is -4.47. The number of sulfonamides is 1. The van der Waals surface area contributed by atoms with Gasteiger partial charge in [-0.3, -0.25) is 0 Å². The molecule has 0 bridgehead atoms. The van der Waals surface area contributed by atoms with Crippen LogP contribution in [0.2, 0.25) is 0 Å². The number of amides is 1. The Kier molecular flexibility index (Phi) is 7.77. The quantitative estimate of drug-likeness (QED) is 0.276. The Morgan fingerprint density at radius 3 is 2.16 bits per heavy atom. The van der Waals surface area contributed by atoms with Gasteiger partial charge < -0.3 is 14.8 Å². The van der Waals surface area contributed by atoms with Crippen LogP contribution in [0.25, 0.3) is 11.1 Å². The molecule has 0 fully saturated rings. The average molecular weight is 597 g/mol. The summed E-state index contributed by atoms with van der Waals surface area (Å²) in [6.07, 6.45) is -0.553. The molecule has 0 radical (unpaired) electrons. The predicted octanol–water partition coefficient (Wildman–Crippen LogP) is 5.32. The molecule has 1 aliphatic carbocycles. The van der Waals surface area contributed by atoms with Crippen molar-refractivity contribution in [2.45, 2.75) is 43.3 Å². The third kappa shape index (κ3) is 5.66. The minimum atomic E-state index is -3.66. The van der Waals surface area contributed by atoms with E-state index in [1.807, 2.05) is 61.5 Å². The molecule has 43 heavy (non-hydrogen) atoms. The molecule has 1 unspecified atom stereocenters. The number of carbonyl (C=O) groups is 2. The Bertz CT molecular complexity index is 1760. The molecule has 0 aromatic heterocycles. The second-order valence-electron chi connectivity index (χ2n) is 10.9. The smallest absolute Gasteiger partial charge is 0.407 e. The summed E-state index contributed by atoms with van der Waals surface area (Å²) in [5, 5.41) is 2.67. The van der Waals surface area contributed by atoms with Crippen molar-refractivity contribution in [2.75, 3.05) is 13.7 Å². The topological polar surface area (TPSA) is 102 Å². The lowest BCUT2D eigenvalue weighted by molar-refractivity contribution is -0.143. The third-order valence-corrected chi connectivity index (χ3v) is 9.99. The minimum absolute atomic E-state index is 0.106. The van der Waals surface area contributed by atoms with Crippen molar-refractivity contribution in [1.29, 1.82) is 0 Å². The molecular weight excluding hydrogens is 564 g/mol. The zero-order chi connectivity index (χ0) is 30.1. The summed E-state index contributed by atoms with van der Waals surface area (Å²) in [6, 6.07) is 27.6. The Morgan fingerprint density at radius 2 is 1.51 bits per heavy atom. The molecule has 1 N–H and O–H groups in total. The number of fused-ring (bicyclic) bond motifs is 4. The van der Waals surface area contributed by atoms with Gasteiger partial charge in [-0.15, -0.1) is 0 Å². The van der Waals surface area contributed by atoms with Crippen molar-refractivity contribution in [3.05, 3.63) is 124 Å². The molecule has 1 atom stereocenters. The molecule has 1 amide bonds. The molecule has 2 aliphatic rings. The number of nitrogens with one attached hydrogen (secondary N) is 1. The van der Waals surface area contributed by atoms with Crippen LogP contribution < -0.4 is 5.32 Å². The van der Waals surface area contributed by atoms with Crippen LogP contribution in [0.3, 0.4) is 0 Å². The first kappa shape index (κ1) is 28.6. The summed E-state index contributed by atoms with van der Waals surface area (Å²) in [4.78, 5) is 25.8. The average Bonchev–Trinajstić information content (AvgIpc) is 3.59. The SMILES string of the molecule is COC(=O)C(Cc1ccc2c(c1)CN(S(=O)(=O)c1ccc(C)cc1)C2)NC(=O)OCC1c2ccccc2-c2ccccc21. The van der Waals surface area contributed by atoms with Crippen LogP contribution in [0.4, 0.5) is 4.79 Å². The van der Waals surface area contributed by atoms with E-state index in [1.165, 1.54) is 11.4 Å². The Balaban J connectivity index is 1.12. The van der Waals surface area contributed by atoms with Crippen LogP contribution in [0, 0.1) is 6.92 Å². The molecule has 220 valence electrons. The van der Waals surface area contributed by atoms with Crippen LogP contribution in [0.5, 0.6) is 0 Å². The molecular formula is C34H32N2O6S. The predicted molar refractivity (Wildman–Crippen MR) is 162 cm³/mol. The molecule has 0 saturated carbocycles. The van der Waals surface area contributed by atoms with E-state index in [0.717, 1.165) is 44.5 Å². The number of carbonyl (C=O) groups excluding carboxylic acids is 2. The number of aryl methyl sites for hydroxylation is 1. The first-order valence-electron chi connectivity index (χ1n) is 14.1. The summed E-state index contributed by atoms with van der Waals surface area (Å²) >= 11 is 0. The number of hydrogen-bond donors (Lipinski definition) is 1. The number of esters is 1. The van der Waals surface area contributed by atoms with Gasteiger partial charge in [-0.25, -0.2) is 18.0 Å². The maximum Gasteiger partial charge on any atom is 0.407 e. The van der Waals surface area contributed by atoms with Gasteiger partial charge in [0.1, 0.15) is 12.6 Å². The number of nitrogens with zero attached hydrogens (tertiary/aromatic N) is 1. The van der Waals surface area contributed by atoms with E-state index in [-0.39, 0.29) is 36.9 Å². The number of methoxy groups -OCH3 is 1. The van der Waals surface area contributed by atoms with Crippen molar-refractivity contribution in [2.24, 2.45) is 0 Å². The number of rotatable bonds is 8. The van der Waals surface area contributed by atoms with Crippen molar-refractivity contribution in [1.82, 2.24) is 9.62 Å². The van der Waals surface area contributed by atoms with Gasteiger partial charge in [0.2, 0.25) is 10.0 Å². The highest BCUT2D eigenvalue weighted by Gasteiger charge is 2.32. The van der Waals surface area contributed by atoms with Gasteiger partial charge >= 0.3 is 12.1 Å². The standard InChI is InChI=1S/C34H32N2O6S/c1-22-11-15-26(16-12-22)43(39,40)36-19-24-14-13-23(17-25(24)20-36)18-32(33(37)41-2)35-34(38)42-21-31-29-9-5-3-7-27(29)28-8-4-6-10-30(28)31/h3-17,31-32H,18-21H2,1-2H3,(H,35,38). The largest absolute Gasteiger partial charge is 0.467 e. The van der Waals surface area contributed by atoms with E-state index in [0.29, 0.717) is 0 Å². The summed E-state index contributed by atoms with van der Waals surface area (Å²) in [5.74, 6) is -0.705. The third-order valence-electron chi connectivity index (χ3n) is 8.18. The van der Waals surface area contributed by atoms with E-state index in [4.69, 9.17) is 9.47 Å². The lowest BCUT2D eigenvalue weighted by atomic mass is 9.98. The van der Waals surface area contributed by atoms with Gasteiger partial charge in [0.05, 0.1) is 12.0 Å². The normalized spacial score (nSPS) is 14.8. The Labute approximate surface area is 251 Å². The Morgan fingerprint density at radius 1 is 0.884 bits per heavy atom. The maximum atomic E-state index is 13.2. The lowest BCUT2D eigenvalue weighted by Gasteiger charge is -2.19. The summed E-state index contributed by atoms with van der Waals surface area (Å²) in [6.45, 7) is 2.53. The maximum absolute atomic E-state index is 13.2. The van der Waals surface area contributed by atoms with E-state index >= 15 is 0 Å². The van der Waals surface area contributed by atoms with Crippen molar-refractivity contribution in [3.8, 4) is 11.1 Å². The van der Waals surface area contributed by atoms with Crippen LogP contribution in [-0.2, 0) is 43.8 Å². The summed E-state index contributed by atoms with van der Waals surface area (Å²) < 4.78 is 38.5. The zero-order valence-electron chi connectivity index (χ0n) is 23.9. The van der Waals surface area contributed by atoms with E-state index < -0.39 is 28.1 Å². The molecule has 6 rings (SSSR count). The molecule has 1 heterocycles. The first-order chi connectivity index (χ1) is 20.7. The zero-order valence-corrected chi connectivity index (χ0v) is 24.8. The van der Waals surface area contributed by atoms with Gasteiger partial charge in [0.15, 0.2) is 0 Å². The van der Waals surface area contributed by atoms with E-state index in [1.54, 1.807) is 24.3 Å². The molecule has 1 aliphatic heterocycles. The number of ether oxygens (including phenoxy) is 2. The highest BCUT2D eigenvalue weighted by Crippen LogP contribution is 2.44. The first-order valence-corrected chi connectivity index (χ1v) is 15.6. The van der Waals surface area contributed by atoms with E-state index in [9.17, 15) is 18.0 Å². The van der Waals surface area contributed by atoms with Gasteiger partial charge in [-0.1, -0.05) is 84.4 Å². The second-order valence-corrected chi connectivity index (χ2v) is 12.9. The van der Waals surface area contributed by atoms with Crippen LogP contribution in [-0.4, -0.2) is 44.5 Å². The van der Waals surface area contributed by atoms with Gasteiger partial charge in [-0.05, 0) is 58.0 Å². The minimum Gasteiger partial charge on any atom is -0.467 e. The molecule has 0 spiro atoms. The van der Waals surface area contributed by atoms with Gasteiger partial charge in [-0.2, -0.15) is 4.31 Å². The molecule has 0 saturated heterocycles. The number of hydrogen-bond acceptors (Lipinski definition) is 6. The number of benzene rings is 4. The molecule has 4 aromatic carbocycles. The fourth-order valence-corrected chi connectivity index (χ4v) is 7.32. The summed E-state index contributed by atoms with van der Waals surface area (Å²) in [7, 11) is -2.39. The van der Waals surface area contributed by atoms with Crippen molar-refractivity contribution >= 4 is 22.1 Å². The van der Waals surface area contributed by atoms with Gasteiger partial charge in [0.25, 0.3) is 0 Å². The van der Waals surface area contributed by atoms with Gasteiger partial charge in [0, 0.05) is 25.4 Å². The van der Waals surface area contributed by atoms with Crippen LogP contribution in [0.15, 0.2) is 95.9 Å². The lowest BCUT2D eigenvalue weighted by Crippen LogP contribution is -2.43.